The van der Waals surface area contributed by atoms with E-state index in [4.69, 9.17) is 0 Å². The summed E-state index contributed by atoms with van der Waals surface area (Å²) in [6.07, 6.45) is 1.59. The van der Waals surface area contributed by atoms with Gasteiger partial charge in [-0.2, -0.15) is 5.10 Å². The van der Waals surface area contributed by atoms with Gasteiger partial charge in [-0.1, -0.05) is 12.1 Å². The van der Waals surface area contributed by atoms with Gasteiger partial charge in [-0.15, -0.1) is 0 Å². The molecule has 0 saturated carbocycles. The lowest BCUT2D eigenvalue weighted by Gasteiger charge is -2.06. The molecule has 2 aromatic heterocycles. The highest BCUT2D eigenvalue weighted by molar-refractivity contribution is 5.87. The third kappa shape index (κ3) is 2.06. The van der Waals surface area contributed by atoms with Crippen molar-refractivity contribution in [3.8, 4) is 5.69 Å². The number of aryl methyl sites for hydroxylation is 1. The number of para-hydroxylation sites is 2. The molecular formula is C13H12N6O2. The number of hydrogen-bond donors (Lipinski definition) is 1. The molecule has 8 nitrogen and oxygen atoms in total. The molecule has 0 unspecified atom stereocenters. The van der Waals surface area contributed by atoms with E-state index in [2.05, 4.69) is 20.4 Å². The summed E-state index contributed by atoms with van der Waals surface area (Å²) in [5.74, 6) is 1.20. The molecule has 1 N–H and O–H groups in total. The van der Waals surface area contributed by atoms with Gasteiger partial charge < -0.3 is 5.32 Å². The maximum Gasteiger partial charge on any atom is 0.294 e. The third-order valence-corrected chi connectivity index (χ3v) is 3.08. The van der Waals surface area contributed by atoms with E-state index in [0.717, 1.165) is 0 Å². The quantitative estimate of drug-likeness (QED) is 0.584. The predicted molar refractivity (Wildman–Crippen MR) is 77.6 cm³/mol. The van der Waals surface area contributed by atoms with Crippen molar-refractivity contribution in [2.24, 2.45) is 0 Å². The second-order valence-electron chi connectivity index (χ2n) is 4.41. The van der Waals surface area contributed by atoms with Crippen molar-refractivity contribution in [3.05, 3.63) is 46.4 Å². The molecule has 3 aromatic rings. The van der Waals surface area contributed by atoms with E-state index in [1.807, 2.05) is 0 Å². The molecule has 3 rings (SSSR count). The van der Waals surface area contributed by atoms with Crippen LogP contribution in [0.25, 0.3) is 16.7 Å². The molecule has 0 aliphatic heterocycles. The molecule has 0 saturated heterocycles. The van der Waals surface area contributed by atoms with Crippen LogP contribution in [-0.2, 0) is 0 Å². The Morgan fingerprint density at radius 2 is 2.05 bits per heavy atom. The molecule has 2 heterocycles. The van der Waals surface area contributed by atoms with Crippen molar-refractivity contribution >= 4 is 22.5 Å². The summed E-state index contributed by atoms with van der Waals surface area (Å²) in [6.45, 7) is 1.76. The lowest BCUT2D eigenvalue weighted by atomic mass is 10.2. The molecule has 0 aliphatic carbocycles. The van der Waals surface area contributed by atoms with E-state index < -0.39 is 4.92 Å². The maximum absolute atomic E-state index is 11.2. The number of nitrogens with zero attached hydrogens (tertiary/aromatic N) is 5. The fourth-order valence-electron chi connectivity index (χ4n) is 2.18. The van der Waals surface area contributed by atoms with E-state index in [9.17, 15) is 10.1 Å². The molecule has 8 heteroatoms. The smallest absolute Gasteiger partial charge is 0.294 e. The molecule has 0 spiro atoms. The van der Waals surface area contributed by atoms with E-state index in [1.54, 1.807) is 38.4 Å². The van der Waals surface area contributed by atoms with E-state index in [-0.39, 0.29) is 5.69 Å². The zero-order chi connectivity index (χ0) is 15.0. The summed E-state index contributed by atoms with van der Waals surface area (Å²) < 4.78 is 1.46. The first kappa shape index (κ1) is 13.0. The molecule has 0 bridgehead atoms. The Morgan fingerprint density at radius 3 is 2.76 bits per heavy atom. The minimum atomic E-state index is -0.435. The number of nitrogens with one attached hydrogen (secondary N) is 1. The molecular weight excluding hydrogens is 272 g/mol. The lowest BCUT2D eigenvalue weighted by Crippen LogP contribution is -2.04. The summed E-state index contributed by atoms with van der Waals surface area (Å²) in [6, 6.07) is 6.42. The Balaban J connectivity index is 2.32. The zero-order valence-electron chi connectivity index (χ0n) is 11.4. The molecule has 106 valence electrons. The SMILES string of the molecule is CNc1nc(C)nc2c1cnn2-c1ccccc1[N+](=O)[O-]. The summed E-state index contributed by atoms with van der Waals surface area (Å²) in [4.78, 5) is 19.4. The molecule has 0 fully saturated rings. The van der Waals surface area contributed by atoms with Gasteiger partial charge in [-0.3, -0.25) is 10.1 Å². The minimum absolute atomic E-state index is 0.0234. The first-order chi connectivity index (χ1) is 10.1. The van der Waals surface area contributed by atoms with E-state index in [1.165, 1.54) is 10.7 Å². The van der Waals surface area contributed by atoms with Gasteiger partial charge in [-0.05, 0) is 13.0 Å². The number of benzene rings is 1. The topological polar surface area (TPSA) is 98.8 Å². The Kier molecular flexibility index (Phi) is 2.98. The summed E-state index contributed by atoms with van der Waals surface area (Å²) >= 11 is 0. The summed E-state index contributed by atoms with van der Waals surface area (Å²) in [7, 11) is 1.75. The Labute approximate surface area is 119 Å². The van der Waals surface area contributed by atoms with Crippen molar-refractivity contribution in [3.63, 3.8) is 0 Å². The van der Waals surface area contributed by atoms with Gasteiger partial charge in [-0.25, -0.2) is 14.6 Å². The Hall–Kier alpha value is -3.03. The van der Waals surface area contributed by atoms with Crippen LogP contribution in [0.15, 0.2) is 30.5 Å². The van der Waals surface area contributed by atoms with Gasteiger partial charge in [0.05, 0.1) is 16.5 Å². The fourth-order valence-corrected chi connectivity index (χ4v) is 2.18. The number of nitro benzene ring substituents is 1. The maximum atomic E-state index is 11.2. The molecule has 0 atom stereocenters. The lowest BCUT2D eigenvalue weighted by molar-refractivity contribution is -0.384. The molecule has 0 aliphatic rings. The van der Waals surface area contributed by atoms with Crippen molar-refractivity contribution < 1.29 is 4.92 Å². The highest BCUT2D eigenvalue weighted by atomic mass is 16.6. The molecule has 21 heavy (non-hydrogen) atoms. The standard InChI is InChI=1S/C13H12N6O2/c1-8-16-12(14-2)9-7-15-18(13(9)17-8)10-5-3-4-6-11(10)19(20)21/h3-7H,1-2H3,(H,14,16,17). The number of aromatic nitrogens is 4. The molecule has 0 radical (unpaired) electrons. The van der Waals surface area contributed by atoms with Crippen LogP contribution in [0.3, 0.4) is 0 Å². The van der Waals surface area contributed by atoms with Crippen LogP contribution in [-0.4, -0.2) is 31.7 Å². The first-order valence-electron chi connectivity index (χ1n) is 6.25. The van der Waals surface area contributed by atoms with Crippen molar-refractivity contribution in [1.29, 1.82) is 0 Å². The van der Waals surface area contributed by atoms with E-state index >= 15 is 0 Å². The monoisotopic (exact) mass is 284 g/mol. The zero-order valence-corrected chi connectivity index (χ0v) is 11.4. The van der Waals surface area contributed by atoms with Crippen LogP contribution in [0.2, 0.25) is 0 Å². The second-order valence-corrected chi connectivity index (χ2v) is 4.41. The fraction of sp³-hybridized carbons (Fsp3) is 0.154. The van der Waals surface area contributed by atoms with Gasteiger partial charge in [0.15, 0.2) is 5.65 Å². The molecule has 0 amide bonds. The minimum Gasteiger partial charge on any atom is -0.372 e. The largest absolute Gasteiger partial charge is 0.372 e. The predicted octanol–water partition coefficient (Wildman–Crippen LogP) is 2.07. The first-order valence-corrected chi connectivity index (χ1v) is 6.25. The van der Waals surface area contributed by atoms with Crippen LogP contribution in [0.5, 0.6) is 0 Å². The normalized spacial score (nSPS) is 10.8. The van der Waals surface area contributed by atoms with Gasteiger partial charge in [0, 0.05) is 13.1 Å². The van der Waals surface area contributed by atoms with E-state index in [0.29, 0.717) is 28.4 Å². The van der Waals surface area contributed by atoms with Crippen LogP contribution in [0.4, 0.5) is 11.5 Å². The van der Waals surface area contributed by atoms with Crippen LogP contribution in [0, 0.1) is 17.0 Å². The summed E-state index contributed by atoms with van der Waals surface area (Å²) in [5.41, 5.74) is 0.878. The highest BCUT2D eigenvalue weighted by Crippen LogP contribution is 2.27. The van der Waals surface area contributed by atoms with Gasteiger partial charge in [0.25, 0.3) is 5.69 Å². The summed E-state index contributed by atoms with van der Waals surface area (Å²) in [5, 5.41) is 19.1. The van der Waals surface area contributed by atoms with Gasteiger partial charge in [0.1, 0.15) is 17.3 Å². The Bertz CT molecular complexity index is 842. The number of nitro groups is 1. The van der Waals surface area contributed by atoms with Crippen molar-refractivity contribution in [2.75, 3.05) is 12.4 Å². The third-order valence-electron chi connectivity index (χ3n) is 3.08. The average molecular weight is 284 g/mol. The molecule has 1 aromatic carbocycles. The van der Waals surface area contributed by atoms with Gasteiger partial charge in [0.2, 0.25) is 0 Å². The second kappa shape index (κ2) is 4.82. The number of anilines is 1. The number of rotatable bonds is 3. The number of fused-ring (bicyclic) bond motifs is 1. The van der Waals surface area contributed by atoms with Crippen LogP contribution < -0.4 is 5.32 Å². The average Bonchev–Trinajstić information content (AvgIpc) is 2.89. The van der Waals surface area contributed by atoms with Crippen molar-refractivity contribution in [1.82, 2.24) is 19.7 Å². The Morgan fingerprint density at radius 1 is 1.29 bits per heavy atom. The van der Waals surface area contributed by atoms with Crippen LogP contribution >= 0.6 is 0 Å². The highest BCUT2D eigenvalue weighted by Gasteiger charge is 2.19. The number of hydrogen-bond acceptors (Lipinski definition) is 6. The van der Waals surface area contributed by atoms with Crippen molar-refractivity contribution in [2.45, 2.75) is 6.92 Å². The van der Waals surface area contributed by atoms with Crippen LogP contribution in [0.1, 0.15) is 5.82 Å². The van der Waals surface area contributed by atoms with Gasteiger partial charge >= 0.3 is 0 Å².